The van der Waals surface area contributed by atoms with Gasteiger partial charge in [-0.3, -0.25) is 9.78 Å². The Morgan fingerprint density at radius 1 is 0.767 bits per heavy atom. The summed E-state index contributed by atoms with van der Waals surface area (Å²) in [6.07, 6.45) is 5.05. The van der Waals surface area contributed by atoms with Crippen molar-refractivity contribution in [2.24, 2.45) is 0 Å². The van der Waals surface area contributed by atoms with Crippen molar-refractivity contribution in [3.05, 3.63) is 107 Å². The molecule has 0 amide bonds. The van der Waals surface area contributed by atoms with Crippen molar-refractivity contribution in [2.45, 2.75) is 0 Å². The molecule has 2 aromatic carbocycles. The van der Waals surface area contributed by atoms with E-state index >= 15 is 0 Å². The molecule has 5 aromatic rings. The van der Waals surface area contributed by atoms with Crippen LogP contribution in [0, 0.1) is 0 Å². The van der Waals surface area contributed by atoms with Gasteiger partial charge in [0.1, 0.15) is 11.6 Å². The number of hydrogen-bond acceptors (Lipinski definition) is 4. The van der Waals surface area contributed by atoms with Gasteiger partial charge in [-0.1, -0.05) is 48.0 Å². The minimum atomic E-state index is -0.177. The van der Waals surface area contributed by atoms with E-state index in [4.69, 9.17) is 16.6 Å². The van der Waals surface area contributed by atoms with Crippen LogP contribution in [0.25, 0.3) is 39.2 Å². The fourth-order valence-electron chi connectivity index (χ4n) is 3.40. The Hall–Kier alpha value is -3.83. The summed E-state index contributed by atoms with van der Waals surface area (Å²) in [6.45, 7) is 0. The van der Waals surface area contributed by atoms with Gasteiger partial charge in [0.15, 0.2) is 0 Å². The molecule has 0 aliphatic heterocycles. The van der Waals surface area contributed by atoms with Gasteiger partial charge >= 0.3 is 0 Å². The highest BCUT2D eigenvalue weighted by Crippen LogP contribution is 2.25. The molecule has 5 rings (SSSR count). The van der Waals surface area contributed by atoms with E-state index in [1.54, 1.807) is 30.6 Å². The maximum Gasteiger partial charge on any atom is 0.267 e. The third-order valence-electron chi connectivity index (χ3n) is 4.87. The summed E-state index contributed by atoms with van der Waals surface area (Å²) in [5.41, 5.74) is 3.40. The molecule has 5 nitrogen and oxygen atoms in total. The number of halogens is 1. The van der Waals surface area contributed by atoms with Gasteiger partial charge in [-0.05, 0) is 47.5 Å². The molecule has 0 unspecified atom stereocenters. The number of para-hydroxylation sites is 1. The predicted octanol–water partition coefficient (Wildman–Crippen LogP) is 5.16. The van der Waals surface area contributed by atoms with Gasteiger partial charge in [-0.15, -0.1) is 0 Å². The molecule has 0 radical (unpaired) electrons. The fraction of sp³-hybridized carbons (Fsp3) is 0. The van der Waals surface area contributed by atoms with Gasteiger partial charge in [0.25, 0.3) is 5.56 Å². The van der Waals surface area contributed by atoms with Gasteiger partial charge in [-0.2, -0.15) is 0 Å². The second kappa shape index (κ2) is 7.54. The van der Waals surface area contributed by atoms with Crippen molar-refractivity contribution in [1.82, 2.24) is 19.5 Å². The lowest BCUT2D eigenvalue weighted by molar-refractivity contribution is 0.932. The maximum absolute atomic E-state index is 13.3. The number of pyridine rings is 2. The van der Waals surface area contributed by atoms with Crippen LogP contribution in [0.15, 0.2) is 96.2 Å². The van der Waals surface area contributed by atoms with Crippen molar-refractivity contribution in [3.8, 4) is 28.3 Å². The molecule has 3 aromatic heterocycles. The van der Waals surface area contributed by atoms with Crippen molar-refractivity contribution >= 4 is 22.5 Å². The van der Waals surface area contributed by atoms with Crippen LogP contribution in [0.1, 0.15) is 0 Å². The monoisotopic (exact) mass is 410 g/mol. The molecule has 0 fully saturated rings. The molecular formula is C24H15ClN4O. The van der Waals surface area contributed by atoms with Crippen LogP contribution in [-0.2, 0) is 0 Å². The standard InChI is InChI=1S/C24H15ClN4O/c25-19-9-10-22(27-15-19)29-23(28-21-4-2-1-3-20(21)24(29)30)18-7-5-16(6-8-18)17-11-13-26-14-12-17/h1-15H. The second-order valence-corrected chi connectivity index (χ2v) is 7.18. The Morgan fingerprint density at radius 3 is 2.20 bits per heavy atom. The first-order valence-electron chi connectivity index (χ1n) is 9.35. The first-order chi connectivity index (χ1) is 14.7. The largest absolute Gasteiger partial charge is 0.268 e. The van der Waals surface area contributed by atoms with Crippen LogP contribution < -0.4 is 5.56 Å². The van der Waals surface area contributed by atoms with Gasteiger partial charge in [0, 0.05) is 24.2 Å². The summed E-state index contributed by atoms with van der Waals surface area (Å²) in [5, 5.41) is 1.04. The summed E-state index contributed by atoms with van der Waals surface area (Å²) < 4.78 is 1.53. The van der Waals surface area contributed by atoms with Crippen molar-refractivity contribution < 1.29 is 0 Å². The van der Waals surface area contributed by atoms with Gasteiger partial charge in [0.05, 0.1) is 15.9 Å². The Morgan fingerprint density at radius 2 is 1.47 bits per heavy atom. The highest BCUT2D eigenvalue weighted by molar-refractivity contribution is 6.30. The summed E-state index contributed by atoms with van der Waals surface area (Å²) in [5.74, 6) is 0.991. The molecule has 0 aliphatic carbocycles. The second-order valence-electron chi connectivity index (χ2n) is 6.74. The van der Waals surface area contributed by atoms with Gasteiger partial charge < -0.3 is 0 Å². The smallest absolute Gasteiger partial charge is 0.267 e. The Labute approximate surface area is 177 Å². The predicted molar refractivity (Wildman–Crippen MR) is 119 cm³/mol. The minimum Gasteiger partial charge on any atom is -0.268 e. The maximum atomic E-state index is 13.3. The lowest BCUT2D eigenvalue weighted by Gasteiger charge is -2.13. The fourth-order valence-corrected chi connectivity index (χ4v) is 3.51. The Balaban J connectivity index is 1.73. The highest BCUT2D eigenvalue weighted by atomic mass is 35.5. The first kappa shape index (κ1) is 18.2. The Kier molecular flexibility index (Phi) is 4.58. The summed E-state index contributed by atoms with van der Waals surface area (Å²) >= 11 is 6.00. The number of fused-ring (bicyclic) bond motifs is 1. The topological polar surface area (TPSA) is 60.7 Å². The van der Waals surface area contributed by atoms with E-state index in [0.717, 1.165) is 16.7 Å². The van der Waals surface area contributed by atoms with Crippen LogP contribution in [0.4, 0.5) is 0 Å². The summed E-state index contributed by atoms with van der Waals surface area (Å²) in [4.78, 5) is 26.5. The van der Waals surface area contributed by atoms with Gasteiger partial charge in [-0.25, -0.2) is 14.5 Å². The van der Waals surface area contributed by atoms with E-state index in [9.17, 15) is 4.79 Å². The third-order valence-corrected chi connectivity index (χ3v) is 5.10. The van der Waals surface area contributed by atoms with Crippen molar-refractivity contribution in [2.75, 3.05) is 0 Å². The molecule has 6 heteroatoms. The van der Waals surface area contributed by atoms with E-state index in [0.29, 0.717) is 27.6 Å². The average Bonchev–Trinajstić information content (AvgIpc) is 2.81. The zero-order valence-corrected chi connectivity index (χ0v) is 16.5. The summed E-state index contributed by atoms with van der Waals surface area (Å²) in [6, 6.07) is 22.6. The molecule has 0 saturated carbocycles. The highest BCUT2D eigenvalue weighted by Gasteiger charge is 2.15. The zero-order valence-electron chi connectivity index (χ0n) is 15.7. The molecule has 0 N–H and O–H groups in total. The van der Waals surface area contributed by atoms with E-state index < -0.39 is 0 Å². The summed E-state index contributed by atoms with van der Waals surface area (Å²) in [7, 11) is 0. The quantitative estimate of drug-likeness (QED) is 0.412. The normalized spacial score (nSPS) is 11.0. The SMILES string of the molecule is O=c1c2ccccc2nc(-c2ccc(-c3ccncc3)cc2)n1-c1ccc(Cl)cn1. The van der Waals surface area contributed by atoms with Gasteiger partial charge in [0.2, 0.25) is 0 Å². The molecule has 30 heavy (non-hydrogen) atoms. The van der Waals surface area contributed by atoms with E-state index in [1.807, 2.05) is 54.6 Å². The lowest BCUT2D eigenvalue weighted by atomic mass is 10.0. The first-order valence-corrected chi connectivity index (χ1v) is 9.73. The van der Waals surface area contributed by atoms with E-state index in [-0.39, 0.29) is 5.56 Å². The van der Waals surface area contributed by atoms with E-state index in [2.05, 4.69) is 9.97 Å². The molecule has 144 valence electrons. The molecule has 0 saturated heterocycles. The molecule has 0 bridgehead atoms. The van der Waals surface area contributed by atoms with Crippen LogP contribution in [-0.4, -0.2) is 19.5 Å². The molecular weight excluding hydrogens is 396 g/mol. The lowest BCUT2D eigenvalue weighted by Crippen LogP contribution is -2.22. The van der Waals surface area contributed by atoms with Crippen LogP contribution >= 0.6 is 11.6 Å². The van der Waals surface area contributed by atoms with Crippen LogP contribution in [0.5, 0.6) is 0 Å². The van der Waals surface area contributed by atoms with Crippen LogP contribution in [0.3, 0.4) is 0 Å². The van der Waals surface area contributed by atoms with Crippen molar-refractivity contribution in [3.63, 3.8) is 0 Å². The number of benzene rings is 2. The Bertz CT molecular complexity index is 1400. The average molecular weight is 411 g/mol. The molecule has 0 atom stereocenters. The number of hydrogen-bond donors (Lipinski definition) is 0. The molecule has 0 aliphatic rings. The molecule has 0 spiro atoms. The molecule has 3 heterocycles. The van der Waals surface area contributed by atoms with Crippen LogP contribution in [0.2, 0.25) is 5.02 Å². The minimum absolute atomic E-state index is 0.177. The number of aromatic nitrogens is 4. The van der Waals surface area contributed by atoms with E-state index in [1.165, 1.54) is 10.8 Å². The number of nitrogens with zero attached hydrogens (tertiary/aromatic N) is 4. The zero-order chi connectivity index (χ0) is 20.5. The number of rotatable bonds is 3. The van der Waals surface area contributed by atoms with Crippen molar-refractivity contribution in [1.29, 1.82) is 0 Å². The third kappa shape index (κ3) is 3.25.